The van der Waals surface area contributed by atoms with E-state index < -0.39 is 6.67 Å². The van der Waals surface area contributed by atoms with E-state index >= 15 is 0 Å². The summed E-state index contributed by atoms with van der Waals surface area (Å²) in [6.07, 6.45) is 0. The maximum Gasteiger partial charge on any atom is 0.263 e. The molecule has 2 aromatic heterocycles. The molecule has 0 radical (unpaired) electrons. The lowest BCUT2D eigenvalue weighted by Crippen LogP contribution is -2.22. The summed E-state index contributed by atoms with van der Waals surface area (Å²) in [6.45, 7) is 5.37. The van der Waals surface area contributed by atoms with Crippen molar-refractivity contribution < 1.29 is 4.39 Å². The maximum atomic E-state index is 13.6. The van der Waals surface area contributed by atoms with Crippen molar-refractivity contribution in [1.29, 1.82) is 0 Å². The minimum atomic E-state index is -0.811. The van der Waals surface area contributed by atoms with Crippen molar-refractivity contribution in [3.63, 3.8) is 0 Å². The molecular formula is C19H24FN5O. The number of aromatic nitrogens is 4. The second-order valence-corrected chi connectivity index (χ2v) is 7.11. The standard InChI is InChI=1S/C19H24FN5O/c1-11(2)16(13-8-6-12(3)7-9-13)25-17-15(14(10-20)23-25)18(26)22-19(21-17)24(4)5/h6-9,11,16H,10H2,1-5H3,(H,21,22,26)/t16-/m1/s1. The van der Waals surface area contributed by atoms with Gasteiger partial charge >= 0.3 is 0 Å². The topological polar surface area (TPSA) is 66.8 Å². The lowest BCUT2D eigenvalue weighted by molar-refractivity contribution is 0.399. The average Bonchev–Trinajstić information content (AvgIpc) is 2.95. The Bertz CT molecular complexity index is 972. The lowest BCUT2D eigenvalue weighted by atomic mass is 9.95. The van der Waals surface area contributed by atoms with E-state index in [0.717, 1.165) is 11.1 Å². The van der Waals surface area contributed by atoms with E-state index in [1.807, 2.05) is 31.2 Å². The largest absolute Gasteiger partial charge is 0.348 e. The Morgan fingerprint density at radius 1 is 1.23 bits per heavy atom. The fraction of sp³-hybridized carbons (Fsp3) is 0.421. The number of hydrogen-bond donors (Lipinski definition) is 1. The SMILES string of the molecule is Cc1ccc([C@@H](C(C)C)n2nc(CF)c3c(=O)[nH]c(N(C)C)nc32)cc1. The number of H-pyrrole nitrogens is 1. The van der Waals surface area contributed by atoms with Gasteiger partial charge in [0.05, 0.1) is 6.04 Å². The molecule has 0 unspecified atom stereocenters. The molecule has 0 spiro atoms. The minimum absolute atomic E-state index is 0.122. The number of benzene rings is 1. The van der Waals surface area contributed by atoms with Crippen molar-refractivity contribution >= 4 is 17.0 Å². The first-order valence-corrected chi connectivity index (χ1v) is 8.64. The van der Waals surface area contributed by atoms with E-state index in [0.29, 0.717) is 11.6 Å². The summed E-state index contributed by atoms with van der Waals surface area (Å²) in [5.74, 6) is 0.595. The molecule has 0 aliphatic rings. The van der Waals surface area contributed by atoms with Gasteiger partial charge in [0.1, 0.15) is 17.8 Å². The predicted molar refractivity (Wildman–Crippen MR) is 101 cm³/mol. The summed E-state index contributed by atoms with van der Waals surface area (Å²) in [5, 5.41) is 4.65. The number of anilines is 1. The van der Waals surface area contributed by atoms with Gasteiger partial charge in [0.25, 0.3) is 5.56 Å². The van der Waals surface area contributed by atoms with Gasteiger partial charge in [0.2, 0.25) is 5.95 Å². The van der Waals surface area contributed by atoms with Crippen LogP contribution in [-0.2, 0) is 6.67 Å². The van der Waals surface area contributed by atoms with Crippen LogP contribution < -0.4 is 10.5 Å². The van der Waals surface area contributed by atoms with Gasteiger partial charge in [-0.2, -0.15) is 10.1 Å². The molecule has 7 heteroatoms. The molecule has 0 saturated heterocycles. The van der Waals surface area contributed by atoms with Crippen LogP contribution in [0.5, 0.6) is 0 Å². The lowest BCUT2D eigenvalue weighted by Gasteiger charge is -2.23. The molecule has 138 valence electrons. The average molecular weight is 357 g/mol. The first-order valence-electron chi connectivity index (χ1n) is 8.64. The molecule has 0 saturated carbocycles. The third-order valence-electron chi connectivity index (χ3n) is 4.49. The van der Waals surface area contributed by atoms with Crippen LogP contribution in [-0.4, -0.2) is 33.8 Å². The minimum Gasteiger partial charge on any atom is -0.348 e. The zero-order valence-corrected chi connectivity index (χ0v) is 15.7. The molecule has 1 aromatic carbocycles. The van der Waals surface area contributed by atoms with Gasteiger partial charge in [-0.05, 0) is 18.4 Å². The highest BCUT2D eigenvalue weighted by molar-refractivity contribution is 5.78. The van der Waals surface area contributed by atoms with Gasteiger partial charge in [0, 0.05) is 14.1 Å². The molecule has 1 atom stereocenters. The van der Waals surface area contributed by atoms with Crippen LogP contribution in [0.4, 0.5) is 10.3 Å². The quantitative estimate of drug-likeness (QED) is 0.761. The summed E-state index contributed by atoms with van der Waals surface area (Å²) in [7, 11) is 3.58. The van der Waals surface area contributed by atoms with E-state index in [1.54, 1.807) is 23.7 Å². The second kappa shape index (κ2) is 6.90. The van der Waals surface area contributed by atoms with Gasteiger partial charge in [-0.25, -0.2) is 9.07 Å². The number of fused-ring (bicyclic) bond motifs is 1. The van der Waals surface area contributed by atoms with Crippen molar-refractivity contribution in [1.82, 2.24) is 19.7 Å². The van der Waals surface area contributed by atoms with Crippen molar-refractivity contribution in [2.24, 2.45) is 5.92 Å². The maximum absolute atomic E-state index is 13.6. The highest BCUT2D eigenvalue weighted by Gasteiger charge is 2.25. The Kier molecular flexibility index (Phi) is 4.80. The molecule has 0 aliphatic carbocycles. The molecule has 26 heavy (non-hydrogen) atoms. The molecule has 6 nitrogen and oxygen atoms in total. The smallest absolute Gasteiger partial charge is 0.263 e. The summed E-state index contributed by atoms with van der Waals surface area (Å²) >= 11 is 0. The fourth-order valence-electron chi connectivity index (χ4n) is 3.17. The number of alkyl halides is 1. The van der Waals surface area contributed by atoms with Gasteiger partial charge in [-0.1, -0.05) is 43.7 Å². The zero-order valence-electron chi connectivity index (χ0n) is 15.7. The molecule has 1 N–H and O–H groups in total. The normalized spacial score (nSPS) is 12.7. The highest BCUT2D eigenvalue weighted by atomic mass is 19.1. The summed E-state index contributed by atoms with van der Waals surface area (Å²) < 4.78 is 15.3. The van der Waals surface area contributed by atoms with E-state index in [-0.39, 0.29) is 28.6 Å². The van der Waals surface area contributed by atoms with Crippen molar-refractivity contribution in [2.75, 3.05) is 19.0 Å². The Morgan fingerprint density at radius 2 is 1.88 bits per heavy atom. The molecule has 0 amide bonds. The van der Waals surface area contributed by atoms with Crippen LogP contribution >= 0.6 is 0 Å². The first kappa shape index (κ1) is 18.1. The fourth-order valence-corrected chi connectivity index (χ4v) is 3.17. The van der Waals surface area contributed by atoms with Crippen LogP contribution in [0.3, 0.4) is 0 Å². The van der Waals surface area contributed by atoms with E-state index in [9.17, 15) is 9.18 Å². The van der Waals surface area contributed by atoms with Crippen molar-refractivity contribution in [3.8, 4) is 0 Å². The number of aryl methyl sites for hydroxylation is 1. The molecule has 0 aliphatic heterocycles. The number of nitrogens with one attached hydrogen (secondary N) is 1. The second-order valence-electron chi connectivity index (χ2n) is 7.11. The summed E-state index contributed by atoms with van der Waals surface area (Å²) in [5.41, 5.74) is 2.37. The van der Waals surface area contributed by atoms with Crippen molar-refractivity contribution in [2.45, 2.75) is 33.5 Å². The van der Waals surface area contributed by atoms with Crippen LogP contribution in [0.15, 0.2) is 29.1 Å². The number of nitrogens with zero attached hydrogens (tertiary/aromatic N) is 4. The van der Waals surface area contributed by atoms with Gasteiger partial charge in [-0.15, -0.1) is 0 Å². The molecule has 0 bridgehead atoms. The summed E-state index contributed by atoms with van der Waals surface area (Å²) in [4.78, 5) is 21.5. The zero-order chi connectivity index (χ0) is 19.0. The van der Waals surface area contributed by atoms with Crippen LogP contribution in [0, 0.1) is 12.8 Å². The van der Waals surface area contributed by atoms with Crippen LogP contribution in [0.1, 0.15) is 36.7 Å². The number of hydrogen-bond acceptors (Lipinski definition) is 4. The highest BCUT2D eigenvalue weighted by Crippen LogP contribution is 2.30. The monoisotopic (exact) mass is 357 g/mol. The van der Waals surface area contributed by atoms with Gasteiger partial charge in [0.15, 0.2) is 5.65 Å². The number of halogens is 1. The Labute approximate surface area is 151 Å². The molecule has 3 rings (SSSR count). The third kappa shape index (κ3) is 3.09. The Morgan fingerprint density at radius 3 is 2.42 bits per heavy atom. The number of aromatic amines is 1. The van der Waals surface area contributed by atoms with Crippen molar-refractivity contribution in [3.05, 3.63) is 51.4 Å². The molecule has 0 fully saturated rings. The first-order chi connectivity index (χ1) is 12.3. The van der Waals surface area contributed by atoms with Crippen LogP contribution in [0.25, 0.3) is 11.0 Å². The Hall–Kier alpha value is -2.70. The molecular weight excluding hydrogens is 333 g/mol. The predicted octanol–water partition coefficient (Wildman–Crippen LogP) is 3.21. The molecule has 3 aromatic rings. The van der Waals surface area contributed by atoms with Gasteiger partial charge in [-0.3, -0.25) is 9.78 Å². The van der Waals surface area contributed by atoms with E-state index in [4.69, 9.17) is 0 Å². The van der Waals surface area contributed by atoms with E-state index in [2.05, 4.69) is 28.9 Å². The van der Waals surface area contributed by atoms with Crippen LogP contribution in [0.2, 0.25) is 0 Å². The third-order valence-corrected chi connectivity index (χ3v) is 4.49. The number of rotatable bonds is 5. The van der Waals surface area contributed by atoms with E-state index in [1.165, 1.54) is 0 Å². The summed E-state index contributed by atoms with van der Waals surface area (Å²) in [6, 6.07) is 8.02. The van der Waals surface area contributed by atoms with Gasteiger partial charge < -0.3 is 4.90 Å². The molecule has 2 heterocycles. The Balaban J connectivity index is 2.30.